The van der Waals surface area contributed by atoms with Crippen molar-refractivity contribution < 1.29 is 14.7 Å². The predicted octanol–water partition coefficient (Wildman–Crippen LogP) is 2.04. The highest BCUT2D eigenvalue weighted by atomic mass is 16.4. The molecule has 0 heterocycles. The number of carbonyl (C=O) groups is 2. The molecule has 0 aromatic rings. The molecule has 0 saturated heterocycles. The van der Waals surface area contributed by atoms with Gasteiger partial charge in [-0.2, -0.15) is 0 Å². The van der Waals surface area contributed by atoms with E-state index in [1.54, 1.807) is 0 Å². The number of carboxylic acid groups (broad SMARTS) is 1. The third-order valence-electron chi connectivity index (χ3n) is 6.68. The SMILES string of the molecule is O=C(O)C1CCC1C(=O)NC1CC2CC1C1CCCC21. The molecule has 0 aromatic carbocycles. The van der Waals surface area contributed by atoms with Crippen molar-refractivity contribution in [3.05, 3.63) is 0 Å². The first-order valence-corrected chi connectivity index (χ1v) is 8.18. The maximum absolute atomic E-state index is 12.3. The molecule has 1 amide bonds. The maximum Gasteiger partial charge on any atom is 0.307 e. The number of rotatable bonds is 3. The standard InChI is InChI=1S/C16H23NO3/c18-15(11-4-5-12(11)16(19)20)17-14-7-8-6-13(14)10-3-1-2-9(8)10/h8-14H,1-7H2,(H,17,18)(H,19,20). The van der Waals surface area contributed by atoms with E-state index in [0.717, 1.165) is 30.6 Å². The van der Waals surface area contributed by atoms with E-state index in [4.69, 9.17) is 5.11 Å². The predicted molar refractivity (Wildman–Crippen MR) is 72.8 cm³/mol. The fraction of sp³-hybridized carbons (Fsp3) is 0.875. The number of hydrogen-bond acceptors (Lipinski definition) is 2. The van der Waals surface area contributed by atoms with E-state index in [9.17, 15) is 9.59 Å². The third kappa shape index (κ3) is 1.73. The molecular formula is C16H23NO3. The Hall–Kier alpha value is -1.06. The number of carboxylic acids is 1. The highest BCUT2D eigenvalue weighted by Gasteiger charge is 2.54. The van der Waals surface area contributed by atoms with Crippen LogP contribution in [-0.2, 0) is 9.59 Å². The zero-order chi connectivity index (χ0) is 13.9. The molecule has 4 fully saturated rings. The molecule has 4 saturated carbocycles. The molecule has 0 aromatic heterocycles. The van der Waals surface area contributed by atoms with Crippen molar-refractivity contribution in [2.45, 2.75) is 51.0 Å². The first kappa shape index (κ1) is 12.7. The van der Waals surface area contributed by atoms with Gasteiger partial charge in [0.1, 0.15) is 0 Å². The number of nitrogens with one attached hydrogen (secondary N) is 1. The highest BCUT2D eigenvalue weighted by molar-refractivity contribution is 5.86. The molecule has 0 radical (unpaired) electrons. The zero-order valence-electron chi connectivity index (χ0n) is 11.8. The molecule has 7 unspecified atom stereocenters. The highest BCUT2D eigenvalue weighted by Crippen LogP contribution is 2.58. The molecule has 4 aliphatic carbocycles. The smallest absolute Gasteiger partial charge is 0.307 e. The summed E-state index contributed by atoms with van der Waals surface area (Å²) in [6.45, 7) is 0. The summed E-state index contributed by atoms with van der Waals surface area (Å²) in [5.74, 6) is 1.78. The first-order valence-electron chi connectivity index (χ1n) is 8.18. The van der Waals surface area contributed by atoms with Gasteiger partial charge in [0.2, 0.25) is 5.91 Å². The molecule has 0 spiro atoms. The fourth-order valence-electron chi connectivity index (χ4n) is 5.63. The van der Waals surface area contributed by atoms with E-state index in [1.165, 1.54) is 25.7 Å². The van der Waals surface area contributed by atoms with E-state index >= 15 is 0 Å². The second-order valence-corrected chi connectivity index (χ2v) is 7.40. The number of fused-ring (bicyclic) bond motifs is 5. The minimum absolute atomic E-state index is 0.00995. The zero-order valence-corrected chi connectivity index (χ0v) is 11.8. The van der Waals surface area contributed by atoms with Gasteiger partial charge in [0.25, 0.3) is 0 Å². The van der Waals surface area contributed by atoms with Gasteiger partial charge in [-0.3, -0.25) is 9.59 Å². The van der Waals surface area contributed by atoms with Crippen molar-refractivity contribution >= 4 is 11.9 Å². The van der Waals surface area contributed by atoms with Crippen molar-refractivity contribution in [2.24, 2.45) is 35.5 Å². The number of aliphatic carboxylic acids is 1. The van der Waals surface area contributed by atoms with E-state index < -0.39 is 11.9 Å². The van der Waals surface area contributed by atoms with Crippen molar-refractivity contribution in [1.82, 2.24) is 5.32 Å². The Morgan fingerprint density at radius 3 is 2.35 bits per heavy atom. The third-order valence-corrected chi connectivity index (χ3v) is 6.68. The van der Waals surface area contributed by atoms with Crippen LogP contribution in [0, 0.1) is 35.5 Å². The van der Waals surface area contributed by atoms with Crippen LogP contribution in [-0.4, -0.2) is 23.0 Å². The van der Waals surface area contributed by atoms with Crippen LogP contribution < -0.4 is 5.32 Å². The van der Waals surface area contributed by atoms with Crippen LogP contribution in [0.1, 0.15) is 44.9 Å². The normalized spacial score (nSPS) is 48.7. The van der Waals surface area contributed by atoms with Gasteiger partial charge in [-0.1, -0.05) is 6.42 Å². The summed E-state index contributed by atoms with van der Waals surface area (Å²) in [6.07, 6.45) is 7.96. The molecule has 4 heteroatoms. The topological polar surface area (TPSA) is 66.4 Å². The molecule has 110 valence electrons. The van der Waals surface area contributed by atoms with Crippen molar-refractivity contribution in [2.75, 3.05) is 0 Å². The Bertz CT molecular complexity index is 449. The Kier molecular flexibility index (Phi) is 2.83. The van der Waals surface area contributed by atoms with Gasteiger partial charge in [0.15, 0.2) is 0 Å². The summed E-state index contributed by atoms with van der Waals surface area (Å²) in [5.41, 5.74) is 0. The summed E-state index contributed by atoms with van der Waals surface area (Å²) in [7, 11) is 0. The van der Waals surface area contributed by atoms with Crippen LogP contribution in [0.3, 0.4) is 0 Å². The van der Waals surface area contributed by atoms with Crippen molar-refractivity contribution in [3.8, 4) is 0 Å². The number of carbonyl (C=O) groups excluding carboxylic acids is 1. The Morgan fingerprint density at radius 1 is 0.900 bits per heavy atom. The first-order chi connectivity index (χ1) is 9.65. The van der Waals surface area contributed by atoms with Gasteiger partial charge < -0.3 is 10.4 Å². The minimum Gasteiger partial charge on any atom is -0.481 e. The van der Waals surface area contributed by atoms with Gasteiger partial charge in [-0.25, -0.2) is 0 Å². The van der Waals surface area contributed by atoms with Crippen LogP contribution in [0.4, 0.5) is 0 Å². The van der Waals surface area contributed by atoms with Crippen LogP contribution in [0.25, 0.3) is 0 Å². The second-order valence-electron chi connectivity index (χ2n) is 7.40. The van der Waals surface area contributed by atoms with Gasteiger partial charge in [0, 0.05) is 6.04 Å². The van der Waals surface area contributed by atoms with Gasteiger partial charge >= 0.3 is 5.97 Å². The summed E-state index contributed by atoms with van der Waals surface area (Å²) in [5, 5.41) is 12.3. The van der Waals surface area contributed by atoms with E-state index in [-0.39, 0.29) is 11.8 Å². The lowest BCUT2D eigenvalue weighted by Crippen LogP contribution is -2.49. The van der Waals surface area contributed by atoms with E-state index in [2.05, 4.69) is 5.32 Å². The van der Waals surface area contributed by atoms with Gasteiger partial charge in [-0.15, -0.1) is 0 Å². The lowest BCUT2D eigenvalue weighted by atomic mass is 9.72. The molecule has 7 atom stereocenters. The van der Waals surface area contributed by atoms with Crippen LogP contribution in [0.5, 0.6) is 0 Å². The van der Waals surface area contributed by atoms with Crippen LogP contribution in [0.15, 0.2) is 0 Å². The van der Waals surface area contributed by atoms with Crippen LogP contribution >= 0.6 is 0 Å². The molecule has 0 aliphatic heterocycles. The second kappa shape index (κ2) is 4.47. The average molecular weight is 277 g/mol. The molecule has 4 nitrogen and oxygen atoms in total. The van der Waals surface area contributed by atoms with Crippen molar-refractivity contribution in [3.63, 3.8) is 0 Å². The summed E-state index contributed by atoms with van der Waals surface area (Å²) < 4.78 is 0. The quantitative estimate of drug-likeness (QED) is 0.829. The molecule has 2 bridgehead atoms. The Labute approximate surface area is 119 Å². The molecular weight excluding hydrogens is 254 g/mol. The van der Waals surface area contributed by atoms with E-state index in [1.807, 2.05) is 0 Å². The lowest BCUT2D eigenvalue weighted by molar-refractivity contribution is -0.153. The monoisotopic (exact) mass is 277 g/mol. The number of hydrogen-bond donors (Lipinski definition) is 2. The van der Waals surface area contributed by atoms with Gasteiger partial charge in [-0.05, 0) is 62.2 Å². The molecule has 4 aliphatic rings. The van der Waals surface area contributed by atoms with E-state index in [0.29, 0.717) is 18.4 Å². The minimum atomic E-state index is -0.805. The summed E-state index contributed by atoms with van der Waals surface area (Å²) >= 11 is 0. The summed E-state index contributed by atoms with van der Waals surface area (Å²) in [4.78, 5) is 23.3. The molecule has 4 rings (SSSR count). The molecule has 20 heavy (non-hydrogen) atoms. The largest absolute Gasteiger partial charge is 0.481 e. The lowest BCUT2D eigenvalue weighted by Gasteiger charge is -2.36. The van der Waals surface area contributed by atoms with Crippen LogP contribution in [0.2, 0.25) is 0 Å². The Morgan fingerprint density at radius 2 is 1.65 bits per heavy atom. The molecule has 2 N–H and O–H groups in total. The fourth-order valence-corrected chi connectivity index (χ4v) is 5.63. The Balaban J connectivity index is 1.39. The number of amides is 1. The summed E-state index contributed by atoms with van der Waals surface area (Å²) in [6, 6.07) is 0.335. The van der Waals surface area contributed by atoms with Crippen molar-refractivity contribution in [1.29, 1.82) is 0 Å². The maximum atomic E-state index is 12.3. The van der Waals surface area contributed by atoms with Gasteiger partial charge in [0.05, 0.1) is 11.8 Å². The average Bonchev–Trinajstić information content (AvgIpc) is 2.95.